The van der Waals surface area contributed by atoms with Crippen molar-refractivity contribution in [1.82, 2.24) is 0 Å². The molecule has 35 heavy (non-hydrogen) atoms. The molecule has 1 amide bonds. The number of carbonyl (C=O) groups excluding carboxylic acids is 2. The lowest BCUT2D eigenvalue weighted by Crippen LogP contribution is -2.29. The minimum absolute atomic E-state index is 0.132. The van der Waals surface area contributed by atoms with Crippen LogP contribution in [-0.2, 0) is 9.59 Å². The van der Waals surface area contributed by atoms with Crippen LogP contribution in [0.4, 0.5) is 5.69 Å². The quantitative estimate of drug-likeness (QED) is 0.254. The molecule has 0 saturated carbocycles. The maximum Gasteiger partial charge on any atom is 0.300 e. The molecule has 1 aromatic heterocycles. The fraction of sp³-hybridized carbons (Fsp3) is 0.231. The number of ketones is 1. The number of rotatable bonds is 8. The summed E-state index contributed by atoms with van der Waals surface area (Å²) in [6.45, 7) is 2.49. The third kappa shape index (κ3) is 4.44. The summed E-state index contributed by atoms with van der Waals surface area (Å²) >= 11 is 6.28. The topological polar surface area (TPSA) is 98.4 Å². The number of halogens is 1. The predicted molar refractivity (Wildman–Crippen MR) is 130 cm³/mol. The largest absolute Gasteiger partial charge is 0.507 e. The van der Waals surface area contributed by atoms with Gasteiger partial charge in [-0.1, -0.05) is 24.6 Å². The number of methoxy groups -OCH3 is 2. The summed E-state index contributed by atoms with van der Waals surface area (Å²) in [6, 6.07) is 12.0. The van der Waals surface area contributed by atoms with Crippen LogP contribution in [0.3, 0.4) is 0 Å². The molecule has 2 heterocycles. The van der Waals surface area contributed by atoms with Crippen LogP contribution in [0, 0.1) is 0 Å². The van der Waals surface area contributed by atoms with Crippen LogP contribution >= 0.6 is 11.6 Å². The van der Waals surface area contributed by atoms with E-state index in [1.807, 2.05) is 6.92 Å². The molecular weight excluding hydrogens is 474 g/mol. The zero-order chi connectivity index (χ0) is 25.1. The first-order chi connectivity index (χ1) is 16.9. The van der Waals surface area contributed by atoms with Crippen LogP contribution in [0.1, 0.15) is 30.7 Å². The summed E-state index contributed by atoms with van der Waals surface area (Å²) in [6.07, 6.45) is 2.24. The second kappa shape index (κ2) is 10.1. The Hall–Kier alpha value is -3.91. The highest BCUT2D eigenvalue weighted by Gasteiger charge is 2.48. The van der Waals surface area contributed by atoms with E-state index in [1.165, 1.54) is 37.5 Å². The first-order valence-electron chi connectivity index (χ1n) is 10.9. The van der Waals surface area contributed by atoms with Gasteiger partial charge in [0.1, 0.15) is 34.8 Å². The van der Waals surface area contributed by atoms with E-state index in [1.54, 1.807) is 36.4 Å². The van der Waals surface area contributed by atoms with Crippen molar-refractivity contribution in [3.8, 4) is 17.2 Å². The summed E-state index contributed by atoms with van der Waals surface area (Å²) in [5.74, 6) is -0.767. The zero-order valence-corrected chi connectivity index (χ0v) is 20.2. The third-order valence-corrected chi connectivity index (χ3v) is 5.85. The lowest BCUT2D eigenvalue weighted by atomic mass is 9.98. The standard InChI is InChI=1S/C26H24ClNO7/c1-4-10-34-16-8-5-7-15(12-16)28-23(19-9-6-11-35-19)22(25(30)26(28)31)24(29)17-13-18(27)21(33-3)14-20(17)32-2/h5-9,11-14,23,29H,4,10H2,1-3H3/b24-22-. The molecular formula is C26H24ClNO7. The fourth-order valence-corrected chi connectivity index (χ4v) is 4.19. The van der Waals surface area contributed by atoms with Gasteiger partial charge in [0.2, 0.25) is 0 Å². The Balaban J connectivity index is 1.90. The van der Waals surface area contributed by atoms with Crippen molar-refractivity contribution in [1.29, 1.82) is 0 Å². The van der Waals surface area contributed by atoms with Crippen molar-refractivity contribution in [3.05, 3.63) is 76.7 Å². The van der Waals surface area contributed by atoms with Gasteiger partial charge in [-0.05, 0) is 36.8 Å². The number of benzene rings is 2. The molecule has 0 radical (unpaired) electrons. The molecule has 9 heteroatoms. The van der Waals surface area contributed by atoms with Crippen LogP contribution < -0.4 is 19.1 Å². The molecule has 1 aliphatic rings. The Bertz CT molecular complexity index is 1280. The summed E-state index contributed by atoms with van der Waals surface area (Å²) in [5, 5.41) is 11.5. The molecule has 1 saturated heterocycles. The Morgan fingerprint density at radius 1 is 1.09 bits per heavy atom. The van der Waals surface area contributed by atoms with Crippen molar-refractivity contribution in [2.24, 2.45) is 0 Å². The van der Waals surface area contributed by atoms with Gasteiger partial charge in [0.05, 0.1) is 43.2 Å². The molecule has 1 aliphatic heterocycles. The molecule has 1 unspecified atom stereocenters. The lowest BCUT2D eigenvalue weighted by molar-refractivity contribution is -0.132. The lowest BCUT2D eigenvalue weighted by Gasteiger charge is -2.24. The molecule has 1 N–H and O–H groups in total. The van der Waals surface area contributed by atoms with E-state index < -0.39 is 23.5 Å². The highest BCUT2D eigenvalue weighted by atomic mass is 35.5. The van der Waals surface area contributed by atoms with E-state index in [4.69, 9.17) is 30.2 Å². The molecule has 8 nitrogen and oxygen atoms in total. The van der Waals surface area contributed by atoms with Gasteiger partial charge < -0.3 is 23.7 Å². The van der Waals surface area contributed by atoms with Crippen LogP contribution in [-0.4, -0.2) is 37.6 Å². The molecule has 0 bridgehead atoms. The van der Waals surface area contributed by atoms with Gasteiger partial charge in [-0.15, -0.1) is 0 Å². The van der Waals surface area contributed by atoms with Gasteiger partial charge in [-0.25, -0.2) is 0 Å². The minimum Gasteiger partial charge on any atom is -0.507 e. The number of carbonyl (C=O) groups is 2. The Morgan fingerprint density at radius 3 is 2.51 bits per heavy atom. The molecule has 3 aromatic rings. The number of ether oxygens (including phenoxy) is 3. The number of furan rings is 1. The molecule has 182 valence electrons. The van der Waals surface area contributed by atoms with E-state index in [-0.39, 0.29) is 21.9 Å². The molecule has 1 fully saturated rings. The van der Waals surface area contributed by atoms with Crippen molar-refractivity contribution in [2.45, 2.75) is 19.4 Å². The number of hydrogen-bond donors (Lipinski definition) is 1. The highest BCUT2D eigenvalue weighted by molar-refractivity contribution is 6.51. The Morgan fingerprint density at radius 2 is 1.86 bits per heavy atom. The number of nitrogens with zero attached hydrogens (tertiary/aromatic N) is 1. The van der Waals surface area contributed by atoms with E-state index >= 15 is 0 Å². The van der Waals surface area contributed by atoms with Crippen LogP contribution in [0.5, 0.6) is 17.2 Å². The van der Waals surface area contributed by atoms with Crippen molar-refractivity contribution >= 4 is 34.7 Å². The minimum atomic E-state index is -1.03. The maximum absolute atomic E-state index is 13.3. The average molecular weight is 498 g/mol. The van der Waals surface area contributed by atoms with Gasteiger partial charge in [-0.3, -0.25) is 14.5 Å². The Labute approximate surface area is 207 Å². The smallest absolute Gasteiger partial charge is 0.300 e. The monoisotopic (exact) mass is 497 g/mol. The molecule has 2 aromatic carbocycles. The molecule has 1 atom stereocenters. The molecule has 0 spiro atoms. The average Bonchev–Trinajstić information content (AvgIpc) is 3.49. The number of amides is 1. The van der Waals surface area contributed by atoms with E-state index in [2.05, 4.69) is 0 Å². The number of aliphatic hydroxyl groups is 1. The van der Waals surface area contributed by atoms with Crippen molar-refractivity contribution < 1.29 is 33.3 Å². The van der Waals surface area contributed by atoms with Gasteiger partial charge >= 0.3 is 0 Å². The number of Topliss-reactive ketones (excluding diaryl/α,β-unsaturated/α-hetero) is 1. The van der Waals surface area contributed by atoms with E-state index in [0.29, 0.717) is 29.6 Å². The zero-order valence-electron chi connectivity index (χ0n) is 19.4. The van der Waals surface area contributed by atoms with Crippen LogP contribution in [0.25, 0.3) is 5.76 Å². The van der Waals surface area contributed by atoms with Gasteiger partial charge in [-0.2, -0.15) is 0 Å². The normalized spacial score (nSPS) is 17.0. The summed E-state index contributed by atoms with van der Waals surface area (Å²) in [4.78, 5) is 27.9. The van der Waals surface area contributed by atoms with Crippen LogP contribution in [0.2, 0.25) is 5.02 Å². The number of anilines is 1. The SMILES string of the molecule is CCCOc1cccc(N2C(=O)C(=O)/C(=C(\O)c3cc(Cl)c(OC)cc3OC)C2c2ccco2)c1. The molecule has 0 aliphatic carbocycles. The van der Waals surface area contributed by atoms with Gasteiger partial charge in [0.25, 0.3) is 11.7 Å². The van der Waals surface area contributed by atoms with Gasteiger partial charge in [0.15, 0.2) is 0 Å². The summed E-state index contributed by atoms with van der Waals surface area (Å²) in [5.41, 5.74) is 0.387. The van der Waals surface area contributed by atoms with Crippen molar-refractivity contribution in [3.63, 3.8) is 0 Å². The third-order valence-electron chi connectivity index (χ3n) is 5.55. The summed E-state index contributed by atoms with van der Waals surface area (Å²) < 4.78 is 21.9. The second-order valence-electron chi connectivity index (χ2n) is 7.72. The van der Waals surface area contributed by atoms with Gasteiger partial charge in [0, 0.05) is 17.8 Å². The van der Waals surface area contributed by atoms with E-state index in [9.17, 15) is 14.7 Å². The molecule has 4 rings (SSSR count). The number of hydrogen-bond acceptors (Lipinski definition) is 7. The Kier molecular flexibility index (Phi) is 7.02. The van der Waals surface area contributed by atoms with Crippen molar-refractivity contribution in [2.75, 3.05) is 25.7 Å². The number of aliphatic hydroxyl groups excluding tert-OH is 1. The predicted octanol–water partition coefficient (Wildman–Crippen LogP) is 5.37. The fourth-order valence-electron chi connectivity index (χ4n) is 3.95. The van der Waals surface area contributed by atoms with E-state index in [0.717, 1.165) is 6.42 Å². The first-order valence-corrected chi connectivity index (χ1v) is 11.3. The maximum atomic E-state index is 13.3. The highest BCUT2D eigenvalue weighted by Crippen LogP contribution is 2.45. The first kappa shape index (κ1) is 24.2. The van der Waals surface area contributed by atoms with Crippen LogP contribution in [0.15, 0.2) is 64.8 Å². The summed E-state index contributed by atoms with van der Waals surface area (Å²) in [7, 11) is 2.85. The second-order valence-corrected chi connectivity index (χ2v) is 8.12.